The van der Waals surface area contributed by atoms with Crippen LogP contribution in [0.4, 0.5) is 0 Å². The molecular weight excluding hydrogens is 246 g/mol. The van der Waals surface area contributed by atoms with Gasteiger partial charge in [-0.25, -0.2) is 0 Å². The van der Waals surface area contributed by atoms with Crippen molar-refractivity contribution < 1.29 is 0 Å². The van der Waals surface area contributed by atoms with Crippen molar-refractivity contribution in [3.8, 4) is 0 Å². The fraction of sp³-hybridized carbons (Fsp3) is 1.00. The van der Waals surface area contributed by atoms with Crippen molar-refractivity contribution in [2.45, 2.75) is 71.0 Å². The van der Waals surface area contributed by atoms with Gasteiger partial charge in [-0.05, 0) is 51.7 Å². The predicted octanol–water partition coefficient (Wildman–Crippen LogP) is 2.57. The summed E-state index contributed by atoms with van der Waals surface area (Å²) in [5.41, 5.74) is 0. The number of nitrogens with zero attached hydrogens (tertiary/aromatic N) is 2. The van der Waals surface area contributed by atoms with E-state index >= 15 is 0 Å². The lowest BCUT2D eigenvalue weighted by Crippen LogP contribution is -2.52. The van der Waals surface area contributed by atoms with Crippen molar-refractivity contribution in [2.75, 3.05) is 33.2 Å². The first-order chi connectivity index (χ1) is 9.73. The summed E-state index contributed by atoms with van der Waals surface area (Å²) in [6, 6.07) is 2.29. The molecule has 3 heteroatoms. The molecule has 0 aromatic heterocycles. The maximum absolute atomic E-state index is 3.59. The third-order valence-corrected chi connectivity index (χ3v) is 5.87. The van der Waals surface area contributed by atoms with Gasteiger partial charge in [0.15, 0.2) is 0 Å². The smallest absolute Gasteiger partial charge is 0.0252 e. The molecular formula is C17H35N3. The highest BCUT2D eigenvalue weighted by Crippen LogP contribution is 2.32. The van der Waals surface area contributed by atoms with E-state index in [0.29, 0.717) is 6.04 Å². The highest BCUT2D eigenvalue weighted by molar-refractivity contribution is 4.95. The number of likely N-dealkylation sites (tertiary alicyclic amines) is 1. The number of likely N-dealkylation sites (N-methyl/N-ethyl adjacent to an activating group) is 2. The van der Waals surface area contributed by atoms with Crippen LogP contribution in [0.1, 0.15) is 52.9 Å². The second kappa shape index (κ2) is 7.77. The second-order valence-corrected chi connectivity index (χ2v) is 6.71. The van der Waals surface area contributed by atoms with Crippen molar-refractivity contribution in [3.63, 3.8) is 0 Å². The normalized spacial score (nSPS) is 35.9. The van der Waals surface area contributed by atoms with Crippen molar-refractivity contribution in [2.24, 2.45) is 5.92 Å². The van der Waals surface area contributed by atoms with Gasteiger partial charge in [-0.2, -0.15) is 0 Å². The van der Waals surface area contributed by atoms with Crippen molar-refractivity contribution in [1.29, 1.82) is 0 Å². The van der Waals surface area contributed by atoms with Gasteiger partial charge in [0.25, 0.3) is 0 Å². The zero-order chi connectivity index (χ0) is 14.5. The van der Waals surface area contributed by atoms with Crippen LogP contribution in [0, 0.1) is 5.92 Å². The molecule has 0 aromatic carbocycles. The first kappa shape index (κ1) is 16.3. The van der Waals surface area contributed by atoms with Gasteiger partial charge in [0.05, 0.1) is 0 Å². The second-order valence-electron chi connectivity index (χ2n) is 6.71. The minimum atomic E-state index is 0.716. The molecule has 0 spiro atoms. The molecule has 0 amide bonds. The molecule has 1 N–H and O–H groups in total. The summed E-state index contributed by atoms with van der Waals surface area (Å²) in [5, 5.41) is 3.59. The minimum absolute atomic E-state index is 0.716. The summed E-state index contributed by atoms with van der Waals surface area (Å²) in [4.78, 5) is 5.44. The quantitative estimate of drug-likeness (QED) is 0.807. The van der Waals surface area contributed by atoms with Gasteiger partial charge < -0.3 is 5.32 Å². The van der Waals surface area contributed by atoms with Crippen LogP contribution in [-0.4, -0.2) is 61.2 Å². The van der Waals surface area contributed by atoms with E-state index in [4.69, 9.17) is 0 Å². The van der Waals surface area contributed by atoms with E-state index < -0.39 is 0 Å². The lowest BCUT2D eigenvalue weighted by atomic mass is 9.80. The van der Waals surface area contributed by atoms with Crippen LogP contribution < -0.4 is 5.32 Å². The van der Waals surface area contributed by atoms with Crippen LogP contribution in [0.2, 0.25) is 0 Å². The van der Waals surface area contributed by atoms with Gasteiger partial charge in [-0.3, -0.25) is 9.80 Å². The van der Waals surface area contributed by atoms with E-state index in [1.165, 1.54) is 58.3 Å². The minimum Gasteiger partial charge on any atom is -0.315 e. The average molecular weight is 281 g/mol. The molecule has 1 aliphatic carbocycles. The van der Waals surface area contributed by atoms with E-state index in [0.717, 1.165) is 18.0 Å². The van der Waals surface area contributed by atoms with Gasteiger partial charge in [0, 0.05) is 31.2 Å². The molecule has 0 radical (unpaired) electrons. The zero-order valence-electron chi connectivity index (χ0n) is 14.1. The average Bonchev–Trinajstić information content (AvgIpc) is 2.97. The molecule has 4 unspecified atom stereocenters. The highest BCUT2D eigenvalue weighted by Gasteiger charge is 2.37. The molecule has 2 aliphatic rings. The van der Waals surface area contributed by atoms with Gasteiger partial charge in [0.1, 0.15) is 0 Å². The summed E-state index contributed by atoms with van der Waals surface area (Å²) in [5.74, 6) is 0.956. The van der Waals surface area contributed by atoms with Crippen LogP contribution in [-0.2, 0) is 0 Å². The van der Waals surface area contributed by atoms with Gasteiger partial charge in [0.2, 0.25) is 0 Å². The Morgan fingerprint density at radius 3 is 2.45 bits per heavy atom. The topological polar surface area (TPSA) is 18.5 Å². The maximum atomic E-state index is 3.59. The van der Waals surface area contributed by atoms with Gasteiger partial charge in [-0.15, -0.1) is 0 Å². The molecule has 118 valence electrons. The lowest BCUT2D eigenvalue weighted by molar-refractivity contribution is 0.109. The van der Waals surface area contributed by atoms with Crippen LogP contribution in [0.15, 0.2) is 0 Å². The summed E-state index contributed by atoms with van der Waals surface area (Å²) < 4.78 is 0. The van der Waals surface area contributed by atoms with E-state index in [9.17, 15) is 0 Å². The molecule has 20 heavy (non-hydrogen) atoms. The van der Waals surface area contributed by atoms with E-state index in [-0.39, 0.29) is 0 Å². The Hall–Kier alpha value is -0.120. The number of nitrogens with one attached hydrogen (secondary N) is 1. The number of hydrogen-bond acceptors (Lipinski definition) is 3. The molecule has 1 heterocycles. The van der Waals surface area contributed by atoms with E-state index in [2.05, 4.69) is 42.9 Å². The van der Waals surface area contributed by atoms with Crippen LogP contribution in [0.3, 0.4) is 0 Å². The SMILES string of the molecule is CCC1CCC(NC)C(N2CCC(N(CC)CC)C2)C1. The fourth-order valence-corrected chi connectivity index (χ4v) is 4.45. The maximum Gasteiger partial charge on any atom is 0.0252 e. The van der Waals surface area contributed by atoms with Gasteiger partial charge >= 0.3 is 0 Å². The molecule has 1 aliphatic heterocycles. The summed E-state index contributed by atoms with van der Waals surface area (Å²) >= 11 is 0. The molecule has 0 aromatic rings. The fourth-order valence-electron chi connectivity index (χ4n) is 4.45. The largest absolute Gasteiger partial charge is 0.315 e. The Labute approximate surface area is 126 Å². The Morgan fingerprint density at radius 2 is 1.85 bits per heavy atom. The molecule has 1 saturated heterocycles. The Balaban J connectivity index is 1.95. The van der Waals surface area contributed by atoms with Crippen molar-refractivity contribution >= 4 is 0 Å². The first-order valence-corrected chi connectivity index (χ1v) is 8.88. The summed E-state index contributed by atoms with van der Waals surface area (Å²) in [6.07, 6.45) is 6.93. The highest BCUT2D eigenvalue weighted by atomic mass is 15.3. The first-order valence-electron chi connectivity index (χ1n) is 8.88. The van der Waals surface area contributed by atoms with Crippen molar-refractivity contribution in [3.05, 3.63) is 0 Å². The lowest BCUT2D eigenvalue weighted by Gasteiger charge is -2.41. The molecule has 2 rings (SSSR count). The molecule has 0 bridgehead atoms. The Morgan fingerprint density at radius 1 is 1.10 bits per heavy atom. The molecule has 3 nitrogen and oxygen atoms in total. The zero-order valence-corrected chi connectivity index (χ0v) is 14.1. The molecule has 2 fully saturated rings. The molecule has 1 saturated carbocycles. The standard InChI is InChI=1S/C17H35N3/c1-5-14-8-9-16(18-4)17(12-14)20-11-10-15(13-20)19(6-2)7-3/h14-18H,5-13H2,1-4H3. The van der Waals surface area contributed by atoms with E-state index in [1.54, 1.807) is 0 Å². The third kappa shape index (κ3) is 3.55. The monoisotopic (exact) mass is 281 g/mol. The van der Waals surface area contributed by atoms with Crippen LogP contribution >= 0.6 is 0 Å². The number of rotatable bonds is 6. The Kier molecular flexibility index (Phi) is 6.31. The van der Waals surface area contributed by atoms with E-state index in [1.807, 2.05) is 0 Å². The van der Waals surface area contributed by atoms with Crippen LogP contribution in [0.25, 0.3) is 0 Å². The summed E-state index contributed by atoms with van der Waals surface area (Å²) in [6.45, 7) is 12.0. The van der Waals surface area contributed by atoms with Crippen molar-refractivity contribution in [1.82, 2.24) is 15.1 Å². The number of hydrogen-bond donors (Lipinski definition) is 1. The molecule has 4 atom stereocenters. The summed E-state index contributed by atoms with van der Waals surface area (Å²) in [7, 11) is 2.15. The van der Waals surface area contributed by atoms with Crippen LogP contribution in [0.5, 0.6) is 0 Å². The van der Waals surface area contributed by atoms with Gasteiger partial charge in [-0.1, -0.05) is 27.2 Å². The predicted molar refractivity (Wildman–Crippen MR) is 87.2 cm³/mol. The Bertz CT molecular complexity index is 277. The third-order valence-electron chi connectivity index (χ3n) is 5.87.